The van der Waals surface area contributed by atoms with E-state index in [0.717, 1.165) is 27.6 Å². The summed E-state index contributed by atoms with van der Waals surface area (Å²) in [6.45, 7) is 8.43. The van der Waals surface area contributed by atoms with Crippen molar-refractivity contribution in [2.75, 3.05) is 6.54 Å². The summed E-state index contributed by atoms with van der Waals surface area (Å²) >= 11 is 0. The SMILES string of the molecule is CC1(C)OB(C(=Cc2c[nH]c3ncccc23)CNC(=O)OCc2ccccc2)OC1(C)C. The minimum Gasteiger partial charge on any atom is -0.445 e. The molecule has 1 aliphatic rings. The number of benzene rings is 1. The van der Waals surface area contributed by atoms with E-state index in [1.54, 1.807) is 6.20 Å². The lowest BCUT2D eigenvalue weighted by atomic mass is 9.77. The highest BCUT2D eigenvalue weighted by atomic mass is 16.7. The first kappa shape index (κ1) is 22.1. The molecule has 1 saturated heterocycles. The molecule has 1 amide bonds. The van der Waals surface area contributed by atoms with E-state index >= 15 is 0 Å². The lowest BCUT2D eigenvalue weighted by molar-refractivity contribution is 0.00578. The number of ether oxygens (including phenoxy) is 1. The molecule has 0 saturated carbocycles. The van der Waals surface area contributed by atoms with Crippen molar-refractivity contribution in [1.82, 2.24) is 15.3 Å². The summed E-state index contributed by atoms with van der Waals surface area (Å²) in [6.07, 6.45) is 5.10. The second-order valence-electron chi connectivity index (χ2n) is 8.87. The zero-order chi connectivity index (χ0) is 22.8. The van der Waals surface area contributed by atoms with E-state index in [0.29, 0.717) is 0 Å². The molecule has 7 nitrogen and oxygen atoms in total. The predicted molar refractivity (Wildman–Crippen MR) is 125 cm³/mol. The number of aromatic nitrogens is 2. The Balaban J connectivity index is 1.52. The van der Waals surface area contributed by atoms with Crippen molar-refractivity contribution in [2.45, 2.75) is 45.5 Å². The van der Waals surface area contributed by atoms with E-state index in [9.17, 15) is 4.79 Å². The second-order valence-corrected chi connectivity index (χ2v) is 8.87. The number of hydrogen-bond acceptors (Lipinski definition) is 5. The van der Waals surface area contributed by atoms with E-state index in [1.165, 1.54) is 0 Å². The molecule has 166 valence electrons. The summed E-state index contributed by atoms with van der Waals surface area (Å²) in [4.78, 5) is 19.9. The summed E-state index contributed by atoms with van der Waals surface area (Å²) in [5.41, 5.74) is 2.46. The van der Waals surface area contributed by atoms with Crippen LogP contribution in [0.25, 0.3) is 17.1 Å². The van der Waals surface area contributed by atoms with Gasteiger partial charge in [-0.2, -0.15) is 0 Å². The minimum absolute atomic E-state index is 0.205. The lowest BCUT2D eigenvalue weighted by Crippen LogP contribution is -2.41. The normalized spacial score (nSPS) is 17.5. The van der Waals surface area contributed by atoms with Gasteiger partial charge in [-0.15, -0.1) is 0 Å². The van der Waals surface area contributed by atoms with Crippen molar-refractivity contribution in [3.8, 4) is 0 Å². The number of carbonyl (C=O) groups excluding carboxylic acids is 1. The number of aromatic amines is 1. The fourth-order valence-corrected chi connectivity index (χ4v) is 3.44. The number of H-pyrrole nitrogens is 1. The van der Waals surface area contributed by atoms with Crippen LogP contribution in [0.15, 0.2) is 60.3 Å². The van der Waals surface area contributed by atoms with Gasteiger partial charge in [-0.3, -0.25) is 0 Å². The van der Waals surface area contributed by atoms with Crippen molar-refractivity contribution >= 4 is 30.3 Å². The van der Waals surface area contributed by atoms with Gasteiger partial charge < -0.3 is 24.3 Å². The average Bonchev–Trinajstić information content (AvgIpc) is 3.27. The topological polar surface area (TPSA) is 85.5 Å². The van der Waals surface area contributed by atoms with Gasteiger partial charge in [0, 0.05) is 29.9 Å². The molecule has 8 heteroatoms. The van der Waals surface area contributed by atoms with Gasteiger partial charge in [-0.1, -0.05) is 36.4 Å². The standard InChI is InChI=1S/C24H28BN3O4/c1-23(2)24(3,4)32-25(31-23)19(13-18-14-27-21-20(18)11-8-12-26-21)15-28-22(29)30-16-17-9-6-5-7-10-17/h5-14H,15-16H2,1-4H3,(H,26,27)(H,28,29). The van der Waals surface area contributed by atoms with Gasteiger partial charge in [0.05, 0.1) is 11.2 Å². The van der Waals surface area contributed by atoms with Gasteiger partial charge in [0.1, 0.15) is 12.3 Å². The zero-order valence-corrected chi connectivity index (χ0v) is 18.8. The third-order valence-corrected chi connectivity index (χ3v) is 6.03. The molecule has 3 heterocycles. The summed E-state index contributed by atoms with van der Waals surface area (Å²) in [5.74, 6) is 0. The lowest BCUT2D eigenvalue weighted by Gasteiger charge is -2.32. The predicted octanol–water partition coefficient (Wildman–Crippen LogP) is 4.50. The third kappa shape index (κ3) is 4.71. The Kier molecular flexibility index (Phi) is 6.08. The monoisotopic (exact) mass is 433 g/mol. The van der Waals surface area contributed by atoms with Gasteiger partial charge in [0.25, 0.3) is 0 Å². The highest BCUT2D eigenvalue weighted by molar-refractivity contribution is 6.56. The fourth-order valence-electron chi connectivity index (χ4n) is 3.44. The van der Waals surface area contributed by atoms with Crippen molar-refractivity contribution < 1.29 is 18.8 Å². The summed E-state index contributed by atoms with van der Waals surface area (Å²) < 4.78 is 17.8. The molecule has 1 aromatic carbocycles. The molecule has 2 aromatic heterocycles. The number of alkyl carbamates (subject to hydrolysis) is 1. The number of pyridine rings is 1. The molecule has 0 atom stereocenters. The highest BCUT2D eigenvalue weighted by Gasteiger charge is 2.52. The van der Waals surface area contributed by atoms with Gasteiger partial charge in [0.15, 0.2) is 0 Å². The Bertz CT molecular complexity index is 1110. The van der Waals surface area contributed by atoms with Crippen LogP contribution >= 0.6 is 0 Å². The molecule has 0 spiro atoms. The Morgan fingerprint density at radius 2 is 1.84 bits per heavy atom. The van der Waals surface area contributed by atoms with Crippen LogP contribution in [0, 0.1) is 0 Å². The zero-order valence-electron chi connectivity index (χ0n) is 18.8. The minimum atomic E-state index is -0.601. The molecule has 0 unspecified atom stereocenters. The van der Waals surface area contributed by atoms with Crippen LogP contribution in [0.1, 0.15) is 38.8 Å². The second kappa shape index (κ2) is 8.80. The maximum Gasteiger partial charge on any atom is 0.492 e. The highest BCUT2D eigenvalue weighted by Crippen LogP contribution is 2.39. The molecule has 3 aromatic rings. The number of carbonyl (C=O) groups is 1. The van der Waals surface area contributed by atoms with Crippen LogP contribution < -0.4 is 5.32 Å². The Labute approximate surface area is 188 Å². The van der Waals surface area contributed by atoms with Gasteiger partial charge in [0.2, 0.25) is 0 Å². The maximum absolute atomic E-state index is 12.3. The average molecular weight is 433 g/mol. The first-order chi connectivity index (χ1) is 15.2. The summed E-state index contributed by atoms with van der Waals surface area (Å²) in [6, 6.07) is 13.4. The maximum atomic E-state index is 12.3. The van der Waals surface area contributed by atoms with Crippen LogP contribution in [0.2, 0.25) is 0 Å². The Hall–Kier alpha value is -3.10. The van der Waals surface area contributed by atoms with E-state index in [2.05, 4.69) is 15.3 Å². The van der Waals surface area contributed by atoms with Crippen LogP contribution in [-0.2, 0) is 20.7 Å². The van der Waals surface area contributed by atoms with E-state index in [1.807, 2.05) is 82.4 Å². The first-order valence-electron chi connectivity index (χ1n) is 10.7. The molecule has 32 heavy (non-hydrogen) atoms. The smallest absolute Gasteiger partial charge is 0.445 e. The number of nitrogens with one attached hydrogen (secondary N) is 2. The quantitative estimate of drug-likeness (QED) is 0.559. The Morgan fingerprint density at radius 1 is 1.12 bits per heavy atom. The number of nitrogens with zero attached hydrogens (tertiary/aromatic N) is 1. The molecule has 1 aliphatic heterocycles. The molecule has 0 bridgehead atoms. The molecule has 1 fully saturated rings. The summed E-state index contributed by atoms with van der Waals surface area (Å²) in [7, 11) is -0.601. The molecule has 0 aliphatic carbocycles. The Morgan fingerprint density at radius 3 is 2.56 bits per heavy atom. The van der Waals surface area contributed by atoms with Gasteiger partial charge in [-0.05, 0) is 50.9 Å². The molecular weight excluding hydrogens is 405 g/mol. The van der Waals surface area contributed by atoms with Crippen LogP contribution in [-0.4, -0.2) is 40.9 Å². The van der Waals surface area contributed by atoms with E-state index < -0.39 is 24.4 Å². The summed E-state index contributed by atoms with van der Waals surface area (Å²) in [5, 5.41) is 3.81. The van der Waals surface area contributed by atoms with Crippen LogP contribution in [0.5, 0.6) is 0 Å². The first-order valence-corrected chi connectivity index (χ1v) is 10.7. The van der Waals surface area contributed by atoms with Crippen LogP contribution in [0.4, 0.5) is 4.79 Å². The van der Waals surface area contributed by atoms with E-state index in [-0.39, 0.29) is 13.2 Å². The molecular formula is C24H28BN3O4. The van der Waals surface area contributed by atoms with Crippen molar-refractivity contribution in [1.29, 1.82) is 0 Å². The van der Waals surface area contributed by atoms with Gasteiger partial charge in [-0.25, -0.2) is 9.78 Å². The molecule has 2 N–H and O–H groups in total. The van der Waals surface area contributed by atoms with Crippen molar-refractivity contribution in [3.05, 3.63) is 71.5 Å². The van der Waals surface area contributed by atoms with E-state index in [4.69, 9.17) is 14.0 Å². The van der Waals surface area contributed by atoms with Crippen LogP contribution in [0.3, 0.4) is 0 Å². The number of fused-ring (bicyclic) bond motifs is 1. The third-order valence-electron chi connectivity index (χ3n) is 6.03. The number of hydrogen-bond donors (Lipinski definition) is 2. The number of amides is 1. The van der Waals surface area contributed by atoms with Gasteiger partial charge >= 0.3 is 13.2 Å². The van der Waals surface area contributed by atoms with Crippen molar-refractivity contribution in [3.63, 3.8) is 0 Å². The largest absolute Gasteiger partial charge is 0.492 e. The van der Waals surface area contributed by atoms with Crippen molar-refractivity contribution in [2.24, 2.45) is 0 Å². The number of rotatable bonds is 6. The molecule has 4 rings (SSSR count). The molecule has 0 radical (unpaired) electrons. The fraction of sp³-hybridized carbons (Fsp3) is 0.333.